The average molecular weight is 470 g/mol. The van der Waals surface area contributed by atoms with E-state index in [4.69, 9.17) is 14.3 Å². The Morgan fingerprint density at radius 3 is 2.59 bits per heavy atom. The minimum Gasteiger partial charge on any atom is -0.360 e. The summed E-state index contributed by atoms with van der Waals surface area (Å²) in [4.78, 5) is 16.0. The van der Waals surface area contributed by atoms with E-state index < -0.39 is 15.9 Å². The number of nitrogens with one attached hydrogen (secondary N) is 2. The molecule has 1 aliphatic carbocycles. The maximum Gasteiger partial charge on any atom is 0.246 e. The summed E-state index contributed by atoms with van der Waals surface area (Å²) in [5.41, 5.74) is 1.91. The Hall–Kier alpha value is -2.31. The molecule has 2 heterocycles. The van der Waals surface area contributed by atoms with Crippen LogP contribution in [0.25, 0.3) is 0 Å². The number of aromatic nitrogens is 3. The summed E-state index contributed by atoms with van der Waals surface area (Å²) in [6.07, 6.45) is 9.01. The van der Waals surface area contributed by atoms with Gasteiger partial charge in [0.25, 0.3) is 0 Å². The lowest BCUT2D eigenvalue weighted by Crippen LogP contribution is -2.25. The molecule has 0 bridgehead atoms. The fourth-order valence-electron chi connectivity index (χ4n) is 4.31. The number of nitrogens with zero attached hydrogens (tertiary/aromatic N) is 3. The summed E-state index contributed by atoms with van der Waals surface area (Å²) in [6, 6.07) is 0. The summed E-state index contributed by atoms with van der Waals surface area (Å²) in [7, 11) is -3.86. The van der Waals surface area contributed by atoms with E-state index in [9.17, 15) is 13.2 Å². The Bertz CT molecular complexity index is 977. The van der Waals surface area contributed by atoms with Crippen molar-refractivity contribution in [1.29, 1.82) is 0 Å². The number of carbonyl (C=O) groups excluding carboxylic acids is 1. The third-order valence-electron chi connectivity index (χ3n) is 5.94. The van der Waals surface area contributed by atoms with Crippen LogP contribution in [0.1, 0.15) is 86.9 Å². The van der Waals surface area contributed by atoms with Crippen LogP contribution < -0.4 is 10.2 Å². The van der Waals surface area contributed by atoms with E-state index in [-0.39, 0.29) is 46.9 Å². The van der Waals surface area contributed by atoms with Crippen molar-refractivity contribution in [3.63, 3.8) is 0 Å². The lowest BCUT2D eigenvalue weighted by Gasteiger charge is -2.22. The normalized spacial score (nSPS) is 16.2. The Morgan fingerprint density at radius 1 is 1.19 bits per heavy atom. The summed E-state index contributed by atoms with van der Waals surface area (Å²) in [5, 5.41) is 16.4. The molecule has 32 heavy (non-hydrogen) atoms. The number of amides is 1. The summed E-state index contributed by atoms with van der Waals surface area (Å²) >= 11 is 0. The van der Waals surface area contributed by atoms with Crippen LogP contribution in [0.15, 0.2) is 13.9 Å². The quantitative estimate of drug-likeness (QED) is 0.332. The van der Waals surface area contributed by atoms with E-state index in [1.54, 1.807) is 12.4 Å². The molecule has 1 aliphatic rings. The molecule has 3 N–H and O–H groups in total. The zero-order chi connectivity index (χ0) is 23.1. The van der Waals surface area contributed by atoms with Crippen LogP contribution in [-0.4, -0.2) is 34.8 Å². The van der Waals surface area contributed by atoms with Crippen LogP contribution in [-0.2, 0) is 21.4 Å². The highest BCUT2D eigenvalue weighted by Gasteiger charge is 2.26. The molecule has 0 aromatic carbocycles. The molecule has 178 valence electrons. The minimum atomic E-state index is -3.86. The van der Waals surface area contributed by atoms with Gasteiger partial charge < -0.3 is 9.05 Å². The highest BCUT2D eigenvalue weighted by molar-refractivity contribution is 7.89. The van der Waals surface area contributed by atoms with Crippen LogP contribution in [0, 0.1) is 19.8 Å². The molecule has 12 heteroatoms. The molecular weight excluding hydrogens is 438 g/mol. The Balaban J connectivity index is 1.61. The van der Waals surface area contributed by atoms with E-state index in [0.29, 0.717) is 12.3 Å². The van der Waals surface area contributed by atoms with Crippen LogP contribution in [0.4, 0.5) is 0 Å². The molecule has 0 saturated heterocycles. The highest BCUT2D eigenvalue weighted by Crippen LogP contribution is 2.31. The molecule has 1 amide bonds. The van der Waals surface area contributed by atoms with Gasteiger partial charge in [0.05, 0.1) is 6.54 Å². The standard InChI is InChI=1S/C20H31N5O6S/c1-13-19(14(2)30-24-13)32(28,29)21-12-17-22-20(31-25-17)16(11-18(26)23-27)10-6-9-15-7-4-3-5-8-15/h15-16,21,27H,3-12H2,1-2H3,(H,23,26)/t16-/m1/s1. The van der Waals surface area contributed by atoms with Gasteiger partial charge in [-0.15, -0.1) is 0 Å². The molecule has 1 atom stereocenters. The number of carbonyl (C=O) groups is 1. The fraction of sp³-hybridized carbons (Fsp3) is 0.700. The van der Waals surface area contributed by atoms with Crippen LogP contribution >= 0.6 is 0 Å². The molecule has 1 saturated carbocycles. The van der Waals surface area contributed by atoms with E-state index in [0.717, 1.165) is 12.8 Å². The van der Waals surface area contributed by atoms with Crippen LogP contribution in [0.5, 0.6) is 0 Å². The first kappa shape index (κ1) is 24.3. The van der Waals surface area contributed by atoms with Crippen molar-refractivity contribution in [3.8, 4) is 0 Å². The van der Waals surface area contributed by atoms with E-state index in [1.165, 1.54) is 39.0 Å². The number of hydroxylamine groups is 1. The van der Waals surface area contributed by atoms with Crippen molar-refractivity contribution >= 4 is 15.9 Å². The minimum absolute atomic E-state index is 0.00755. The van der Waals surface area contributed by atoms with Gasteiger partial charge in [-0.25, -0.2) is 18.6 Å². The van der Waals surface area contributed by atoms with Gasteiger partial charge in [0, 0.05) is 12.3 Å². The zero-order valence-electron chi connectivity index (χ0n) is 18.5. The molecule has 11 nitrogen and oxygen atoms in total. The first-order valence-electron chi connectivity index (χ1n) is 11.0. The Kier molecular flexibility index (Phi) is 8.38. The van der Waals surface area contributed by atoms with Crippen molar-refractivity contribution in [1.82, 2.24) is 25.5 Å². The number of aryl methyl sites for hydroxylation is 2. The van der Waals surface area contributed by atoms with Gasteiger partial charge in [0.2, 0.25) is 21.8 Å². The molecule has 0 aliphatic heterocycles. The lowest BCUT2D eigenvalue weighted by molar-refractivity contribution is -0.129. The predicted octanol–water partition coefficient (Wildman–Crippen LogP) is 2.88. The number of hydrogen-bond acceptors (Lipinski definition) is 9. The SMILES string of the molecule is Cc1noc(C)c1S(=O)(=O)NCc1noc([C@H](CCCC2CCCCC2)CC(=O)NO)n1. The van der Waals surface area contributed by atoms with Gasteiger partial charge in [-0.1, -0.05) is 55.3 Å². The van der Waals surface area contributed by atoms with Crippen LogP contribution in [0.3, 0.4) is 0 Å². The largest absolute Gasteiger partial charge is 0.360 e. The van der Waals surface area contributed by atoms with E-state index in [2.05, 4.69) is 20.0 Å². The first-order valence-corrected chi connectivity index (χ1v) is 12.5. The van der Waals surface area contributed by atoms with Gasteiger partial charge in [-0.05, 0) is 26.2 Å². The molecule has 0 spiro atoms. The van der Waals surface area contributed by atoms with Crippen molar-refractivity contribution < 1.29 is 27.5 Å². The maximum atomic E-state index is 12.5. The number of rotatable bonds is 11. The topological polar surface area (TPSA) is 160 Å². The Labute approximate surface area is 187 Å². The zero-order valence-corrected chi connectivity index (χ0v) is 19.3. The van der Waals surface area contributed by atoms with Gasteiger partial charge >= 0.3 is 0 Å². The molecule has 1 fully saturated rings. The second-order valence-corrected chi connectivity index (χ2v) is 10.1. The van der Waals surface area contributed by atoms with Gasteiger partial charge in [-0.3, -0.25) is 10.0 Å². The van der Waals surface area contributed by atoms with Crippen molar-refractivity contribution in [2.45, 2.75) is 89.0 Å². The van der Waals surface area contributed by atoms with Crippen LogP contribution in [0.2, 0.25) is 0 Å². The number of sulfonamides is 1. The molecule has 3 rings (SSSR count). The fourth-order valence-corrected chi connectivity index (χ4v) is 5.61. The third-order valence-corrected chi connectivity index (χ3v) is 7.58. The molecule has 0 unspecified atom stereocenters. The first-order chi connectivity index (χ1) is 15.3. The summed E-state index contributed by atoms with van der Waals surface area (Å²) < 4.78 is 37.8. The Morgan fingerprint density at radius 2 is 1.94 bits per heavy atom. The van der Waals surface area contributed by atoms with Crippen molar-refractivity contribution in [2.75, 3.05) is 0 Å². The summed E-state index contributed by atoms with van der Waals surface area (Å²) in [6.45, 7) is 2.88. The van der Waals surface area contributed by atoms with Gasteiger partial charge in [0.15, 0.2) is 11.6 Å². The average Bonchev–Trinajstić information content (AvgIpc) is 3.38. The monoisotopic (exact) mass is 469 g/mol. The smallest absolute Gasteiger partial charge is 0.246 e. The highest BCUT2D eigenvalue weighted by atomic mass is 32.2. The second-order valence-electron chi connectivity index (χ2n) is 8.40. The number of hydrogen-bond donors (Lipinski definition) is 3. The second kappa shape index (κ2) is 11.0. The molecular formula is C20H31N5O6S. The van der Waals surface area contributed by atoms with Gasteiger partial charge in [0.1, 0.15) is 10.6 Å². The lowest BCUT2D eigenvalue weighted by atomic mass is 9.84. The third kappa shape index (κ3) is 6.36. The van der Waals surface area contributed by atoms with Crippen molar-refractivity contribution in [3.05, 3.63) is 23.2 Å². The summed E-state index contributed by atoms with van der Waals surface area (Å²) in [5.74, 6) is 0.420. The predicted molar refractivity (Wildman–Crippen MR) is 112 cm³/mol. The van der Waals surface area contributed by atoms with Gasteiger partial charge in [-0.2, -0.15) is 4.98 Å². The molecule has 2 aromatic rings. The molecule has 0 radical (unpaired) electrons. The maximum absolute atomic E-state index is 12.5. The molecule has 2 aromatic heterocycles. The van der Waals surface area contributed by atoms with E-state index >= 15 is 0 Å². The van der Waals surface area contributed by atoms with E-state index in [1.807, 2.05) is 0 Å². The van der Waals surface area contributed by atoms with Crippen molar-refractivity contribution in [2.24, 2.45) is 5.92 Å².